The Kier molecular flexibility index (Phi) is 6.64. The number of carbonyl (C=O) groups excluding carboxylic acids is 1. The van der Waals surface area contributed by atoms with Crippen molar-refractivity contribution in [3.8, 4) is 5.75 Å². The Bertz CT molecular complexity index is 786. The fourth-order valence-electron chi connectivity index (χ4n) is 2.98. The Balaban J connectivity index is 2.33. The molecule has 0 saturated carbocycles. The van der Waals surface area contributed by atoms with Crippen LogP contribution < -0.4 is 9.80 Å². The maximum atomic E-state index is 11.7. The Labute approximate surface area is 155 Å². The van der Waals surface area contributed by atoms with Gasteiger partial charge in [-0.1, -0.05) is 32.0 Å². The number of aryl methyl sites for hydroxylation is 4. The molecular weight excluding hydrogens is 330 g/mol. The summed E-state index contributed by atoms with van der Waals surface area (Å²) in [6.45, 7) is 8.48. The van der Waals surface area contributed by atoms with Crippen molar-refractivity contribution < 1.29 is 19.5 Å². The minimum Gasteiger partial charge on any atom is -0.489 e. The minimum absolute atomic E-state index is 0.244. The molecule has 0 aliphatic carbocycles. The van der Waals surface area contributed by atoms with Gasteiger partial charge in [-0.3, -0.25) is 5.21 Å². The second-order valence-electron chi connectivity index (χ2n) is 6.24. The van der Waals surface area contributed by atoms with Crippen molar-refractivity contribution in [3.63, 3.8) is 0 Å². The number of hydrogen-bond acceptors (Lipinski definition) is 4. The summed E-state index contributed by atoms with van der Waals surface area (Å²) in [7, 11) is 1.23. The third-order valence-electron chi connectivity index (χ3n) is 4.61. The van der Waals surface area contributed by atoms with Gasteiger partial charge in [0.2, 0.25) is 0 Å². The fraction of sp³-hybridized carbons (Fsp3) is 0.381. The zero-order valence-electron chi connectivity index (χ0n) is 16.1. The molecule has 2 rings (SSSR count). The highest BCUT2D eigenvalue weighted by Gasteiger charge is 2.19. The van der Waals surface area contributed by atoms with Gasteiger partial charge in [0, 0.05) is 5.56 Å². The van der Waals surface area contributed by atoms with Gasteiger partial charge in [-0.25, -0.2) is 4.79 Å². The van der Waals surface area contributed by atoms with Crippen molar-refractivity contribution in [1.82, 2.24) is 0 Å². The quantitative estimate of drug-likeness (QED) is 0.586. The zero-order valence-corrected chi connectivity index (χ0v) is 16.1. The number of methoxy groups -OCH3 is 1. The van der Waals surface area contributed by atoms with Crippen molar-refractivity contribution in [1.29, 1.82) is 0 Å². The van der Waals surface area contributed by atoms with Crippen LogP contribution in [-0.4, -0.2) is 18.4 Å². The van der Waals surface area contributed by atoms with Crippen molar-refractivity contribution in [2.45, 2.75) is 47.1 Å². The maximum absolute atomic E-state index is 11.7. The highest BCUT2D eigenvalue weighted by Crippen LogP contribution is 2.29. The molecule has 0 fully saturated rings. The average molecular weight is 357 g/mol. The minimum atomic E-state index is -0.839. The molecule has 1 N–H and O–H groups in total. The fourth-order valence-corrected chi connectivity index (χ4v) is 2.98. The molecule has 0 heterocycles. The van der Waals surface area contributed by atoms with Gasteiger partial charge >= 0.3 is 6.09 Å². The van der Waals surface area contributed by atoms with E-state index < -0.39 is 6.09 Å². The monoisotopic (exact) mass is 357 g/mol. The van der Waals surface area contributed by atoms with Gasteiger partial charge in [0.25, 0.3) is 0 Å². The van der Waals surface area contributed by atoms with Gasteiger partial charge in [-0.15, -0.1) is 0 Å². The Hall–Kier alpha value is -2.53. The summed E-state index contributed by atoms with van der Waals surface area (Å²) in [6, 6.07) is 9.61. The summed E-state index contributed by atoms with van der Waals surface area (Å²) in [5.74, 6) is 0.832. The Morgan fingerprint density at radius 3 is 2.38 bits per heavy atom. The van der Waals surface area contributed by atoms with Crippen molar-refractivity contribution in [3.05, 3.63) is 58.1 Å². The van der Waals surface area contributed by atoms with Crippen LogP contribution in [0.3, 0.4) is 0 Å². The molecule has 0 unspecified atom stereocenters. The van der Waals surface area contributed by atoms with E-state index in [4.69, 9.17) is 4.74 Å². The second kappa shape index (κ2) is 8.72. The van der Waals surface area contributed by atoms with E-state index in [2.05, 4.69) is 37.6 Å². The van der Waals surface area contributed by atoms with Gasteiger partial charge in [-0.05, 0) is 61.1 Å². The molecule has 1 amide bonds. The molecule has 2 aromatic rings. The average Bonchev–Trinajstić information content (AvgIpc) is 2.65. The van der Waals surface area contributed by atoms with E-state index in [1.54, 1.807) is 12.1 Å². The number of rotatable bonds is 6. The first-order valence-electron chi connectivity index (χ1n) is 8.83. The number of ether oxygens (including phenoxy) is 2. The molecule has 2 aromatic carbocycles. The molecule has 5 heteroatoms. The third-order valence-corrected chi connectivity index (χ3v) is 4.61. The molecule has 0 aliphatic rings. The SMILES string of the molecule is CCc1cc(CC)c(OCc2c(C)cccc2N(O)C(=O)OC)cc1C. The lowest BCUT2D eigenvalue weighted by molar-refractivity contribution is 0.140. The number of nitrogens with zero attached hydrogens (tertiary/aromatic N) is 1. The van der Waals surface area contributed by atoms with Crippen LogP contribution in [0.5, 0.6) is 5.75 Å². The highest BCUT2D eigenvalue weighted by atomic mass is 16.6. The van der Waals surface area contributed by atoms with Crippen LogP contribution in [0.1, 0.15) is 41.7 Å². The van der Waals surface area contributed by atoms with Gasteiger partial charge < -0.3 is 9.47 Å². The molecule has 140 valence electrons. The van der Waals surface area contributed by atoms with E-state index in [1.807, 2.05) is 13.0 Å². The summed E-state index contributed by atoms with van der Waals surface area (Å²) in [5, 5.41) is 10.6. The van der Waals surface area contributed by atoms with E-state index in [9.17, 15) is 10.0 Å². The molecule has 0 bridgehead atoms. The number of amides is 1. The number of benzene rings is 2. The zero-order chi connectivity index (χ0) is 19.3. The molecule has 5 nitrogen and oxygen atoms in total. The van der Waals surface area contributed by atoms with Crippen LogP contribution in [0, 0.1) is 13.8 Å². The van der Waals surface area contributed by atoms with Crippen molar-refractivity contribution in [2.24, 2.45) is 0 Å². The molecule has 26 heavy (non-hydrogen) atoms. The smallest absolute Gasteiger partial charge is 0.438 e. The lowest BCUT2D eigenvalue weighted by atomic mass is 10.0. The van der Waals surface area contributed by atoms with Gasteiger partial charge in [0.05, 0.1) is 12.8 Å². The van der Waals surface area contributed by atoms with Crippen LogP contribution in [0.15, 0.2) is 30.3 Å². The van der Waals surface area contributed by atoms with E-state index in [0.29, 0.717) is 10.8 Å². The lowest BCUT2D eigenvalue weighted by Gasteiger charge is -2.20. The van der Waals surface area contributed by atoms with Gasteiger partial charge in [-0.2, -0.15) is 5.06 Å². The summed E-state index contributed by atoms with van der Waals surface area (Å²) in [6.07, 6.45) is 1.02. The van der Waals surface area contributed by atoms with Gasteiger partial charge in [0.1, 0.15) is 12.4 Å². The highest BCUT2D eigenvalue weighted by molar-refractivity contribution is 5.86. The number of carbonyl (C=O) groups is 1. The van der Waals surface area contributed by atoms with Crippen molar-refractivity contribution in [2.75, 3.05) is 12.2 Å². The van der Waals surface area contributed by atoms with E-state index >= 15 is 0 Å². The van der Waals surface area contributed by atoms with Crippen LogP contribution in [0.25, 0.3) is 0 Å². The molecule has 0 aliphatic heterocycles. The predicted octanol–water partition coefficient (Wildman–Crippen LogP) is 4.97. The summed E-state index contributed by atoms with van der Waals surface area (Å²) < 4.78 is 10.7. The molecule has 0 saturated heterocycles. The predicted molar refractivity (Wildman–Crippen MR) is 102 cm³/mol. The first-order valence-corrected chi connectivity index (χ1v) is 8.83. The van der Waals surface area contributed by atoms with E-state index in [1.165, 1.54) is 18.2 Å². The lowest BCUT2D eigenvalue weighted by Crippen LogP contribution is -2.28. The summed E-state index contributed by atoms with van der Waals surface area (Å²) in [4.78, 5) is 11.7. The standard InChI is InChI=1S/C21H27NO4/c1-6-16-12-17(7-2)20(11-15(16)4)26-13-18-14(3)9-8-10-19(18)22(24)21(23)25-5/h8-12,24H,6-7,13H2,1-5H3. The molecule has 0 aromatic heterocycles. The topological polar surface area (TPSA) is 59.0 Å². The number of anilines is 1. The molecule has 0 atom stereocenters. The first-order chi connectivity index (χ1) is 12.4. The maximum Gasteiger partial charge on any atom is 0.438 e. The first kappa shape index (κ1) is 19.8. The van der Waals surface area contributed by atoms with Gasteiger partial charge in [0.15, 0.2) is 0 Å². The summed E-state index contributed by atoms with van der Waals surface area (Å²) in [5.41, 5.74) is 5.68. The van der Waals surface area contributed by atoms with Crippen LogP contribution >= 0.6 is 0 Å². The normalized spacial score (nSPS) is 10.5. The molecule has 0 spiro atoms. The third kappa shape index (κ3) is 4.17. The summed E-state index contributed by atoms with van der Waals surface area (Å²) >= 11 is 0. The van der Waals surface area contributed by atoms with Crippen LogP contribution in [-0.2, 0) is 24.2 Å². The van der Waals surface area contributed by atoms with E-state index in [-0.39, 0.29) is 6.61 Å². The van der Waals surface area contributed by atoms with Crippen molar-refractivity contribution >= 4 is 11.8 Å². The van der Waals surface area contributed by atoms with Crippen LogP contribution in [0.2, 0.25) is 0 Å². The largest absolute Gasteiger partial charge is 0.489 e. The second-order valence-corrected chi connectivity index (χ2v) is 6.24. The van der Waals surface area contributed by atoms with E-state index in [0.717, 1.165) is 35.3 Å². The number of hydroxylamine groups is 1. The number of hydrogen-bond donors (Lipinski definition) is 1. The Morgan fingerprint density at radius 1 is 1.08 bits per heavy atom. The molecular formula is C21H27NO4. The Morgan fingerprint density at radius 2 is 1.77 bits per heavy atom. The molecule has 0 radical (unpaired) electrons. The van der Waals surface area contributed by atoms with Crippen LogP contribution in [0.4, 0.5) is 10.5 Å².